The number of aliphatic hydroxyl groups is 1. The standard InChI is InChI=1S/C14H20ClNO3/c1-11-10-19-12(9-17)8-16(11)6-7-18-14-5-3-2-4-13(14)15/h2-5,11-12,17H,6-10H2,1H3. The third-order valence-corrected chi connectivity index (χ3v) is 3.62. The van der Waals surface area contributed by atoms with Crippen LogP contribution >= 0.6 is 11.6 Å². The molecule has 0 bridgehead atoms. The molecule has 106 valence electrons. The normalized spacial score (nSPS) is 24.4. The Kier molecular flexibility index (Phi) is 5.45. The largest absolute Gasteiger partial charge is 0.491 e. The highest BCUT2D eigenvalue weighted by molar-refractivity contribution is 6.32. The van der Waals surface area contributed by atoms with Crippen molar-refractivity contribution in [1.29, 1.82) is 0 Å². The number of aliphatic hydroxyl groups excluding tert-OH is 1. The molecule has 1 N–H and O–H groups in total. The van der Waals surface area contributed by atoms with Gasteiger partial charge in [-0.1, -0.05) is 23.7 Å². The Bertz CT molecular complexity index is 402. The molecule has 2 atom stereocenters. The predicted molar refractivity (Wildman–Crippen MR) is 74.8 cm³/mol. The number of hydrogen-bond acceptors (Lipinski definition) is 4. The third kappa shape index (κ3) is 4.08. The Labute approximate surface area is 118 Å². The van der Waals surface area contributed by atoms with E-state index in [1.165, 1.54) is 0 Å². The summed E-state index contributed by atoms with van der Waals surface area (Å²) in [4.78, 5) is 2.27. The van der Waals surface area contributed by atoms with Gasteiger partial charge in [-0.25, -0.2) is 0 Å². The molecule has 0 aromatic heterocycles. The summed E-state index contributed by atoms with van der Waals surface area (Å²) in [6, 6.07) is 7.81. The molecule has 2 unspecified atom stereocenters. The van der Waals surface area contributed by atoms with Crippen molar-refractivity contribution >= 4 is 11.6 Å². The van der Waals surface area contributed by atoms with Gasteiger partial charge in [0.2, 0.25) is 0 Å². The summed E-state index contributed by atoms with van der Waals surface area (Å²) in [5, 5.41) is 9.76. The Morgan fingerprint density at radius 3 is 3.00 bits per heavy atom. The van der Waals surface area contributed by atoms with Gasteiger partial charge in [0, 0.05) is 19.1 Å². The Hall–Kier alpha value is -0.810. The van der Waals surface area contributed by atoms with Crippen LogP contribution in [0, 0.1) is 0 Å². The minimum Gasteiger partial charge on any atom is -0.491 e. The number of ether oxygens (including phenoxy) is 2. The number of rotatable bonds is 5. The smallest absolute Gasteiger partial charge is 0.137 e. The van der Waals surface area contributed by atoms with Crippen LogP contribution in [0.3, 0.4) is 0 Å². The summed E-state index contributed by atoms with van der Waals surface area (Å²) in [5.74, 6) is 0.712. The molecule has 0 aliphatic carbocycles. The number of nitrogens with zero attached hydrogens (tertiary/aromatic N) is 1. The van der Waals surface area contributed by atoms with Gasteiger partial charge in [-0.15, -0.1) is 0 Å². The lowest BCUT2D eigenvalue weighted by molar-refractivity contribution is -0.0798. The van der Waals surface area contributed by atoms with E-state index in [-0.39, 0.29) is 12.7 Å². The fraction of sp³-hybridized carbons (Fsp3) is 0.571. The lowest BCUT2D eigenvalue weighted by Crippen LogP contribution is -2.50. The number of para-hydroxylation sites is 1. The molecule has 19 heavy (non-hydrogen) atoms. The van der Waals surface area contributed by atoms with Crippen LogP contribution in [0.2, 0.25) is 5.02 Å². The minimum absolute atomic E-state index is 0.0641. The molecule has 5 heteroatoms. The molecule has 0 spiro atoms. The molecule has 1 aliphatic heterocycles. The summed E-state index contributed by atoms with van der Waals surface area (Å²) in [6.45, 7) is 4.94. The van der Waals surface area contributed by atoms with Crippen LogP contribution in [0.15, 0.2) is 24.3 Å². The molecule has 4 nitrogen and oxygen atoms in total. The van der Waals surface area contributed by atoms with Gasteiger partial charge < -0.3 is 14.6 Å². The highest BCUT2D eigenvalue weighted by Crippen LogP contribution is 2.23. The van der Waals surface area contributed by atoms with Crippen molar-refractivity contribution in [2.45, 2.75) is 19.1 Å². The number of benzene rings is 1. The predicted octanol–water partition coefficient (Wildman–Crippen LogP) is 1.80. The summed E-state index contributed by atoms with van der Waals surface area (Å²) < 4.78 is 11.2. The SMILES string of the molecule is CC1COC(CO)CN1CCOc1ccccc1Cl. The van der Waals surface area contributed by atoms with Crippen molar-refractivity contribution in [3.63, 3.8) is 0 Å². The van der Waals surface area contributed by atoms with Gasteiger partial charge in [-0.2, -0.15) is 0 Å². The lowest BCUT2D eigenvalue weighted by Gasteiger charge is -2.37. The zero-order chi connectivity index (χ0) is 13.7. The summed E-state index contributed by atoms with van der Waals surface area (Å²) in [5.41, 5.74) is 0. The second-order valence-corrected chi connectivity index (χ2v) is 5.17. The first-order chi connectivity index (χ1) is 9.20. The first kappa shape index (κ1) is 14.6. The average molecular weight is 286 g/mol. The van der Waals surface area contributed by atoms with E-state index >= 15 is 0 Å². The minimum atomic E-state index is -0.0866. The van der Waals surface area contributed by atoms with Crippen LogP contribution < -0.4 is 4.74 Å². The molecular weight excluding hydrogens is 266 g/mol. The maximum atomic E-state index is 9.13. The van der Waals surface area contributed by atoms with Crippen LogP contribution in [0.5, 0.6) is 5.75 Å². The molecule has 1 aromatic carbocycles. The summed E-state index contributed by atoms with van der Waals surface area (Å²) in [6.07, 6.45) is -0.0866. The fourth-order valence-corrected chi connectivity index (χ4v) is 2.32. The van der Waals surface area contributed by atoms with E-state index in [4.69, 9.17) is 26.2 Å². The fourth-order valence-electron chi connectivity index (χ4n) is 2.13. The molecule has 1 aliphatic rings. The topological polar surface area (TPSA) is 41.9 Å². The monoisotopic (exact) mass is 285 g/mol. The van der Waals surface area contributed by atoms with Gasteiger partial charge in [0.15, 0.2) is 0 Å². The van der Waals surface area contributed by atoms with E-state index in [0.29, 0.717) is 30.0 Å². The van der Waals surface area contributed by atoms with Gasteiger partial charge in [0.25, 0.3) is 0 Å². The molecule has 0 saturated carbocycles. The summed E-state index contributed by atoms with van der Waals surface area (Å²) in [7, 11) is 0. The van der Waals surface area contributed by atoms with Crippen LogP contribution in [0.1, 0.15) is 6.92 Å². The van der Waals surface area contributed by atoms with Crippen LogP contribution in [-0.4, -0.2) is 55.1 Å². The van der Waals surface area contributed by atoms with E-state index < -0.39 is 0 Å². The molecule has 1 aromatic rings. The quantitative estimate of drug-likeness (QED) is 0.896. The zero-order valence-corrected chi connectivity index (χ0v) is 11.8. The van der Waals surface area contributed by atoms with Crippen molar-refractivity contribution in [1.82, 2.24) is 4.90 Å². The zero-order valence-electron chi connectivity index (χ0n) is 11.1. The number of halogens is 1. The first-order valence-corrected chi connectivity index (χ1v) is 6.92. The van der Waals surface area contributed by atoms with Crippen molar-refractivity contribution in [2.24, 2.45) is 0 Å². The van der Waals surface area contributed by atoms with Gasteiger partial charge in [0.05, 0.1) is 24.3 Å². The second-order valence-electron chi connectivity index (χ2n) is 4.76. The maximum absolute atomic E-state index is 9.13. The Morgan fingerprint density at radius 2 is 2.26 bits per heavy atom. The third-order valence-electron chi connectivity index (χ3n) is 3.31. The van der Waals surface area contributed by atoms with Crippen LogP contribution in [-0.2, 0) is 4.74 Å². The maximum Gasteiger partial charge on any atom is 0.137 e. The van der Waals surface area contributed by atoms with Crippen LogP contribution in [0.4, 0.5) is 0 Å². The molecule has 1 saturated heterocycles. The van der Waals surface area contributed by atoms with E-state index in [1.807, 2.05) is 24.3 Å². The number of morpholine rings is 1. The molecule has 1 fully saturated rings. The highest BCUT2D eigenvalue weighted by atomic mass is 35.5. The highest BCUT2D eigenvalue weighted by Gasteiger charge is 2.25. The molecule has 1 heterocycles. The van der Waals surface area contributed by atoms with Gasteiger partial charge in [0.1, 0.15) is 12.4 Å². The Balaban J connectivity index is 1.80. The van der Waals surface area contributed by atoms with E-state index in [2.05, 4.69) is 11.8 Å². The molecular formula is C14H20ClNO3. The van der Waals surface area contributed by atoms with Crippen molar-refractivity contribution in [3.05, 3.63) is 29.3 Å². The van der Waals surface area contributed by atoms with Crippen molar-refractivity contribution in [2.75, 3.05) is 32.9 Å². The van der Waals surface area contributed by atoms with E-state index in [9.17, 15) is 0 Å². The summed E-state index contributed by atoms with van der Waals surface area (Å²) >= 11 is 6.03. The van der Waals surface area contributed by atoms with E-state index in [0.717, 1.165) is 13.1 Å². The first-order valence-electron chi connectivity index (χ1n) is 6.54. The molecule has 2 rings (SSSR count). The lowest BCUT2D eigenvalue weighted by atomic mass is 10.2. The number of hydrogen-bond donors (Lipinski definition) is 1. The van der Waals surface area contributed by atoms with Gasteiger partial charge in [-0.05, 0) is 19.1 Å². The van der Waals surface area contributed by atoms with Gasteiger partial charge >= 0.3 is 0 Å². The Morgan fingerprint density at radius 1 is 1.47 bits per heavy atom. The van der Waals surface area contributed by atoms with E-state index in [1.54, 1.807) is 0 Å². The average Bonchev–Trinajstić information content (AvgIpc) is 2.43. The van der Waals surface area contributed by atoms with Crippen LogP contribution in [0.25, 0.3) is 0 Å². The van der Waals surface area contributed by atoms with Crippen molar-refractivity contribution in [3.8, 4) is 5.75 Å². The van der Waals surface area contributed by atoms with Crippen molar-refractivity contribution < 1.29 is 14.6 Å². The molecule has 0 radical (unpaired) electrons. The second kappa shape index (κ2) is 7.10. The van der Waals surface area contributed by atoms with Gasteiger partial charge in [-0.3, -0.25) is 4.90 Å². The molecule has 0 amide bonds.